The maximum absolute atomic E-state index is 13.1. The summed E-state index contributed by atoms with van der Waals surface area (Å²) in [7, 11) is 0. The molecule has 0 aliphatic heterocycles. The number of aliphatic carboxylic acids is 1. The minimum Gasteiger partial charge on any atom is -0.480 e. The molecule has 0 aromatic heterocycles. The zero-order valence-corrected chi connectivity index (χ0v) is 12.3. The Labute approximate surface area is 127 Å². The molecule has 0 radical (unpaired) electrons. The summed E-state index contributed by atoms with van der Waals surface area (Å²) in [6.07, 6.45) is 0.721. The van der Waals surface area contributed by atoms with E-state index in [0.717, 1.165) is 5.56 Å². The fourth-order valence-electron chi connectivity index (χ4n) is 1.98. The van der Waals surface area contributed by atoms with Crippen LogP contribution in [0.5, 0.6) is 0 Å². The molecule has 6 nitrogen and oxygen atoms in total. The molecule has 1 aromatic rings. The number of nitrogens with one attached hydrogen (secondary N) is 1. The van der Waals surface area contributed by atoms with Gasteiger partial charge in [-0.05, 0) is 37.0 Å². The molecular formula is C15H19FN2O4. The molecule has 120 valence electrons. The fourth-order valence-corrected chi connectivity index (χ4v) is 1.98. The van der Waals surface area contributed by atoms with E-state index in [0.29, 0.717) is 18.4 Å². The predicted molar refractivity (Wildman–Crippen MR) is 77.5 cm³/mol. The molecule has 0 spiro atoms. The lowest BCUT2D eigenvalue weighted by Crippen LogP contribution is -2.43. The van der Waals surface area contributed by atoms with Gasteiger partial charge in [0, 0.05) is 6.42 Å². The second-order valence-corrected chi connectivity index (χ2v) is 5.07. The standard InChI is InChI=1S/C15H19FN2O4/c1-9-7-10(5-6-11(9)16)3-2-4-14(20)18-12(15(21)22)8-13(17)19/h5-7,12H,2-4,8H2,1H3,(H2,17,19)(H,18,20)(H,21,22). The van der Waals surface area contributed by atoms with E-state index in [9.17, 15) is 18.8 Å². The van der Waals surface area contributed by atoms with Crippen molar-refractivity contribution in [3.8, 4) is 0 Å². The molecule has 2 amide bonds. The van der Waals surface area contributed by atoms with Crippen molar-refractivity contribution in [1.29, 1.82) is 0 Å². The molecule has 0 saturated carbocycles. The first kappa shape index (κ1) is 17.6. The number of rotatable bonds is 8. The van der Waals surface area contributed by atoms with Crippen molar-refractivity contribution in [3.63, 3.8) is 0 Å². The van der Waals surface area contributed by atoms with Crippen LogP contribution in [0.4, 0.5) is 4.39 Å². The van der Waals surface area contributed by atoms with E-state index in [-0.39, 0.29) is 12.2 Å². The zero-order chi connectivity index (χ0) is 16.7. The minimum absolute atomic E-state index is 0.110. The summed E-state index contributed by atoms with van der Waals surface area (Å²) in [5, 5.41) is 11.1. The van der Waals surface area contributed by atoms with Crippen LogP contribution in [-0.4, -0.2) is 28.9 Å². The van der Waals surface area contributed by atoms with Crippen LogP contribution in [0.3, 0.4) is 0 Å². The van der Waals surface area contributed by atoms with Crippen LogP contribution < -0.4 is 11.1 Å². The summed E-state index contributed by atoms with van der Waals surface area (Å²) in [6, 6.07) is 3.42. The van der Waals surface area contributed by atoms with Crippen molar-refractivity contribution >= 4 is 17.8 Å². The summed E-state index contributed by atoms with van der Waals surface area (Å²) < 4.78 is 13.1. The van der Waals surface area contributed by atoms with Crippen LogP contribution >= 0.6 is 0 Å². The van der Waals surface area contributed by atoms with Crippen molar-refractivity contribution in [2.45, 2.75) is 38.6 Å². The summed E-state index contributed by atoms with van der Waals surface area (Å²) >= 11 is 0. The fraction of sp³-hybridized carbons (Fsp3) is 0.400. The second-order valence-electron chi connectivity index (χ2n) is 5.07. The molecular weight excluding hydrogens is 291 g/mol. The smallest absolute Gasteiger partial charge is 0.326 e. The molecule has 0 bridgehead atoms. The molecule has 1 atom stereocenters. The molecule has 1 unspecified atom stereocenters. The Morgan fingerprint density at radius 1 is 1.36 bits per heavy atom. The van der Waals surface area contributed by atoms with E-state index in [4.69, 9.17) is 10.8 Å². The molecule has 0 aliphatic carbocycles. The number of carbonyl (C=O) groups is 3. The van der Waals surface area contributed by atoms with Gasteiger partial charge in [0.2, 0.25) is 11.8 Å². The van der Waals surface area contributed by atoms with Gasteiger partial charge in [-0.15, -0.1) is 0 Å². The number of carbonyl (C=O) groups excluding carboxylic acids is 2. The van der Waals surface area contributed by atoms with Gasteiger partial charge in [-0.25, -0.2) is 9.18 Å². The Morgan fingerprint density at radius 2 is 2.05 bits per heavy atom. The minimum atomic E-state index is -1.31. The zero-order valence-electron chi connectivity index (χ0n) is 12.3. The highest BCUT2D eigenvalue weighted by Crippen LogP contribution is 2.11. The Hall–Kier alpha value is -2.44. The number of amides is 2. The van der Waals surface area contributed by atoms with E-state index in [1.807, 2.05) is 0 Å². The third-order valence-electron chi connectivity index (χ3n) is 3.13. The molecule has 0 saturated heterocycles. The summed E-state index contributed by atoms with van der Waals surface area (Å²) in [6.45, 7) is 1.66. The van der Waals surface area contributed by atoms with Gasteiger partial charge in [-0.2, -0.15) is 0 Å². The predicted octanol–water partition coefficient (Wildman–Crippen LogP) is 0.902. The molecule has 7 heteroatoms. The summed E-state index contributed by atoms with van der Waals surface area (Å²) in [5.74, 6) is -2.85. The topological polar surface area (TPSA) is 109 Å². The van der Waals surface area contributed by atoms with Crippen molar-refractivity contribution in [3.05, 3.63) is 35.1 Å². The van der Waals surface area contributed by atoms with Crippen molar-refractivity contribution in [2.75, 3.05) is 0 Å². The van der Waals surface area contributed by atoms with E-state index in [2.05, 4.69) is 5.32 Å². The first-order valence-corrected chi connectivity index (χ1v) is 6.85. The number of primary amides is 1. The Kier molecular flexibility index (Phi) is 6.49. The lowest BCUT2D eigenvalue weighted by molar-refractivity contribution is -0.143. The lowest BCUT2D eigenvalue weighted by Gasteiger charge is -2.12. The van der Waals surface area contributed by atoms with Gasteiger partial charge in [0.1, 0.15) is 11.9 Å². The molecule has 1 rings (SSSR count). The van der Waals surface area contributed by atoms with E-state index >= 15 is 0 Å². The first-order chi connectivity index (χ1) is 10.3. The number of hydrogen-bond acceptors (Lipinski definition) is 3. The van der Waals surface area contributed by atoms with Crippen LogP contribution in [0, 0.1) is 12.7 Å². The van der Waals surface area contributed by atoms with Gasteiger partial charge in [-0.3, -0.25) is 9.59 Å². The SMILES string of the molecule is Cc1cc(CCCC(=O)NC(CC(N)=O)C(=O)O)ccc1F. The van der Waals surface area contributed by atoms with E-state index in [1.54, 1.807) is 19.1 Å². The van der Waals surface area contributed by atoms with Crippen molar-refractivity contribution < 1.29 is 23.9 Å². The molecule has 0 fully saturated rings. The molecule has 22 heavy (non-hydrogen) atoms. The van der Waals surface area contributed by atoms with Crippen LogP contribution in [0.2, 0.25) is 0 Å². The van der Waals surface area contributed by atoms with E-state index < -0.39 is 30.2 Å². The normalized spacial score (nSPS) is 11.7. The van der Waals surface area contributed by atoms with Crippen molar-refractivity contribution in [1.82, 2.24) is 5.32 Å². The Bertz CT molecular complexity index is 575. The highest BCUT2D eigenvalue weighted by atomic mass is 19.1. The number of benzene rings is 1. The van der Waals surface area contributed by atoms with Gasteiger partial charge in [0.25, 0.3) is 0 Å². The number of carboxylic acid groups (broad SMARTS) is 1. The Balaban J connectivity index is 2.43. The number of carboxylic acids is 1. The van der Waals surface area contributed by atoms with Gasteiger partial charge in [0.15, 0.2) is 0 Å². The average molecular weight is 310 g/mol. The highest BCUT2D eigenvalue weighted by Gasteiger charge is 2.21. The van der Waals surface area contributed by atoms with Crippen LogP contribution in [0.1, 0.15) is 30.4 Å². The van der Waals surface area contributed by atoms with Crippen LogP contribution in [-0.2, 0) is 20.8 Å². The number of hydrogen-bond donors (Lipinski definition) is 3. The summed E-state index contributed by atoms with van der Waals surface area (Å²) in [5.41, 5.74) is 6.36. The van der Waals surface area contributed by atoms with Gasteiger partial charge in [0.05, 0.1) is 6.42 Å². The molecule has 1 aromatic carbocycles. The quantitative estimate of drug-likeness (QED) is 0.662. The monoisotopic (exact) mass is 310 g/mol. The third kappa shape index (κ3) is 5.90. The maximum Gasteiger partial charge on any atom is 0.326 e. The van der Waals surface area contributed by atoms with Gasteiger partial charge >= 0.3 is 5.97 Å². The number of nitrogens with two attached hydrogens (primary N) is 1. The second kappa shape index (κ2) is 8.11. The van der Waals surface area contributed by atoms with Gasteiger partial charge in [-0.1, -0.05) is 12.1 Å². The highest BCUT2D eigenvalue weighted by molar-refractivity contribution is 5.88. The summed E-state index contributed by atoms with van der Waals surface area (Å²) in [4.78, 5) is 33.3. The number of halogens is 1. The first-order valence-electron chi connectivity index (χ1n) is 6.85. The number of aryl methyl sites for hydroxylation is 2. The maximum atomic E-state index is 13.1. The lowest BCUT2D eigenvalue weighted by atomic mass is 10.1. The van der Waals surface area contributed by atoms with E-state index in [1.165, 1.54) is 6.07 Å². The van der Waals surface area contributed by atoms with Crippen LogP contribution in [0.25, 0.3) is 0 Å². The van der Waals surface area contributed by atoms with Crippen LogP contribution in [0.15, 0.2) is 18.2 Å². The van der Waals surface area contributed by atoms with Gasteiger partial charge < -0.3 is 16.2 Å². The van der Waals surface area contributed by atoms with Crippen molar-refractivity contribution in [2.24, 2.45) is 5.73 Å². The Morgan fingerprint density at radius 3 is 2.59 bits per heavy atom. The average Bonchev–Trinajstić information content (AvgIpc) is 2.41. The third-order valence-corrected chi connectivity index (χ3v) is 3.13. The molecule has 0 heterocycles. The molecule has 0 aliphatic rings. The molecule has 4 N–H and O–H groups in total. The largest absolute Gasteiger partial charge is 0.480 e.